The van der Waals surface area contributed by atoms with Gasteiger partial charge < -0.3 is 14.4 Å². The number of halogens is 1. The Morgan fingerprint density at radius 2 is 1.62 bits per heavy atom. The Kier molecular flexibility index (Phi) is 8.14. The van der Waals surface area contributed by atoms with E-state index in [1.54, 1.807) is 43.4 Å². The lowest BCUT2D eigenvalue weighted by molar-refractivity contribution is -0.133. The number of carbonyl (C=O) groups is 2. The van der Waals surface area contributed by atoms with E-state index in [1.807, 2.05) is 0 Å². The van der Waals surface area contributed by atoms with E-state index in [9.17, 15) is 18.0 Å². The maximum atomic E-state index is 12.8. The van der Waals surface area contributed by atoms with Gasteiger partial charge in [0.2, 0.25) is 0 Å². The molecule has 0 atom stereocenters. The Balaban J connectivity index is 1.65. The summed E-state index contributed by atoms with van der Waals surface area (Å²) in [5.41, 5.74) is 0.878. The molecule has 0 radical (unpaired) electrons. The summed E-state index contributed by atoms with van der Waals surface area (Å²) in [4.78, 5) is 26.4. The average Bonchev–Trinajstić information content (AvgIpc) is 2.83. The first-order valence-electron chi connectivity index (χ1n) is 10.1. The van der Waals surface area contributed by atoms with E-state index in [4.69, 9.17) is 21.1 Å². The Morgan fingerprint density at radius 1 is 0.971 bits per heavy atom. The Bertz CT molecular complexity index is 1260. The highest BCUT2D eigenvalue weighted by Crippen LogP contribution is 2.22. The van der Waals surface area contributed by atoms with E-state index < -0.39 is 28.5 Å². The normalized spacial score (nSPS) is 10.9. The van der Waals surface area contributed by atoms with Crippen molar-refractivity contribution in [2.24, 2.45) is 0 Å². The van der Waals surface area contributed by atoms with Gasteiger partial charge in [-0.3, -0.25) is 9.52 Å². The fraction of sp³-hybridized carbons (Fsp3) is 0.167. The lowest BCUT2D eigenvalue weighted by atomic mass is 10.2. The maximum Gasteiger partial charge on any atom is 0.340 e. The van der Waals surface area contributed by atoms with Crippen molar-refractivity contribution in [3.05, 3.63) is 88.9 Å². The van der Waals surface area contributed by atoms with E-state index in [2.05, 4.69) is 4.72 Å². The fourth-order valence-corrected chi connectivity index (χ4v) is 4.18. The molecule has 0 unspecified atom stereocenters. The van der Waals surface area contributed by atoms with Crippen molar-refractivity contribution in [2.75, 3.05) is 25.5 Å². The summed E-state index contributed by atoms with van der Waals surface area (Å²) in [6, 6.07) is 18.8. The second-order valence-corrected chi connectivity index (χ2v) is 9.40. The van der Waals surface area contributed by atoms with Crippen LogP contribution in [-0.2, 0) is 26.1 Å². The summed E-state index contributed by atoms with van der Waals surface area (Å²) in [6.07, 6.45) is 0. The number of benzene rings is 3. The Labute approximate surface area is 203 Å². The summed E-state index contributed by atoms with van der Waals surface area (Å²) in [7, 11) is -0.914. The van der Waals surface area contributed by atoms with Gasteiger partial charge in [-0.15, -0.1) is 0 Å². The van der Waals surface area contributed by atoms with E-state index in [-0.39, 0.29) is 16.1 Å². The maximum absolute atomic E-state index is 12.8. The zero-order valence-electron chi connectivity index (χ0n) is 18.5. The van der Waals surface area contributed by atoms with Gasteiger partial charge in [-0.05, 0) is 54.1 Å². The number of carbonyl (C=O) groups excluding carboxylic acids is 2. The molecule has 3 rings (SSSR count). The number of amides is 1. The first-order chi connectivity index (χ1) is 16.2. The molecule has 0 aliphatic rings. The van der Waals surface area contributed by atoms with E-state index in [1.165, 1.54) is 48.4 Å². The zero-order chi connectivity index (χ0) is 24.7. The van der Waals surface area contributed by atoms with Crippen LogP contribution in [0.15, 0.2) is 77.7 Å². The number of nitrogens with one attached hydrogen (secondary N) is 1. The molecule has 3 aromatic carbocycles. The van der Waals surface area contributed by atoms with E-state index >= 15 is 0 Å². The monoisotopic (exact) mass is 502 g/mol. The summed E-state index contributed by atoms with van der Waals surface area (Å²) in [5, 5.41) is 0.591. The van der Waals surface area contributed by atoms with Gasteiger partial charge in [0.25, 0.3) is 15.9 Å². The topological polar surface area (TPSA) is 102 Å². The first-order valence-corrected chi connectivity index (χ1v) is 12.0. The number of hydrogen-bond acceptors (Lipinski definition) is 6. The fourth-order valence-electron chi connectivity index (χ4n) is 2.98. The van der Waals surface area contributed by atoms with Crippen LogP contribution in [0.2, 0.25) is 5.02 Å². The number of sulfonamides is 1. The van der Waals surface area contributed by atoms with Crippen LogP contribution < -0.4 is 9.46 Å². The van der Waals surface area contributed by atoms with Gasteiger partial charge >= 0.3 is 5.97 Å². The average molecular weight is 503 g/mol. The van der Waals surface area contributed by atoms with Crippen LogP contribution >= 0.6 is 11.6 Å². The van der Waals surface area contributed by atoms with Crippen LogP contribution in [-0.4, -0.2) is 46.0 Å². The van der Waals surface area contributed by atoms with Gasteiger partial charge in [-0.1, -0.05) is 35.9 Å². The number of anilines is 1. The van der Waals surface area contributed by atoms with Gasteiger partial charge in [0.1, 0.15) is 5.75 Å². The van der Waals surface area contributed by atoms with Crippen LogP contribution in [0.4, 0.5) is 5.69 Å². The largest absolute Gasteiger partial charge is 0.497 e. The molecule has 0 aliphatic carbocycles. The van der Waals surface area contributed by atoms with Crippen molar-refractivity contribution in [3.8, 4) is 5.75 Å². The second-order valence-electron chi connectivity index (χ2n) is 7.28. The summed E-state index contributed by atoms with van der Waals surface area (Å²) in [5.74, 6) is -0.741. The highest BCUT2D eigenvalue weighted by Gasteiger charge is 2.21. The van der Waals surface area contributed by atoms with Gasteiger partial charge in [-0.25, -0.2) is 13.2 Å². The first kappa shape index (κ1) is 25.1. The molecule has 8 nitrogen and oxygen atoms in total. The molecule has 0 spiro atoms. The highest BCUT2D eigenvalue weighted by molar-refractivity contribution is 7.92. The van der Waals surface area contributed by atoms with Crippen molar-refractivity contribution in [1.82, 2.24) is 4.90 Å². The number of methoxy groups -OCH3 is 1. The van der Waals surface area contributed by atoms with E-state index in [0.717, 1.165) is 5.56 Å². The molecular formula is C24H23ClN2O6S. The SMILES string of the molecule is COc1ccc(S(=O)(=O)Nc2ccccc2C(=O)OCC(=O)N(C)Cc2ccc(Cl)cc2)cc1. The predicted molar refractivity (Wildman–Crippen MR) is 128 cm³/mol. The van der Waals surface area contributed by atoms with Crippen molar-refractivity contribution < 1.29 is 27.5 Å². The molecule has 0 saturated carbocycles. The minimum absolute atomic E-state index is 0.00419. The number of hydrogen-bond donors (Lipinski definition) is 1. The quantitative estimate of drug-likeness (QED) is 0.444. The molecule has 178 valence electrons. The van der Waals surface area contributed by atoms with Crippen molar-refractivity contribution in [1.29, 1.82) is 0 Å². The zero-order valence-corrected chi connectivity index (χ0v) is 20.1. The van der Waals surface area contributed by atoms with Gasteiger partial charge in [0, 0.05) is 18.6 Å². The van der Waals surface area contributed by atoms with Crippen LogP contribution in [0.3, 0.4) is 0 Å². The lowest BCUT2D eigenvalue weighted by Crippen LogP contribution is -2.31. The smallest absolute Gasteiger partial charge is 0.340 e. The second kappa shape index (κ2) is 11.0. The standard InChI is InChI=1S/C24H23ClN2O6S/c1-27(15-17-7-9-18(25)10-8-17)23(28)16-33-24(29)21-5-3-4-6-22(21)26-34(30,31)20-13-11-19(32-2)12-14-20/h3-14,26H,15-16H2,1-2H3. The van der Waals surface area contributed by atoms with E-state index in [0.29, 0.717) is 17.3 Å². The molecule has 0 fully saturated rings. The van der Waals surface area contributed by atoms with Crippen LogP contribution in [0, 0.1) is 0 Å². The molecule has 0 aliphatic heterocycles. The molecule has 3 aromatic rings. The molecule has 0 heterocycles. The van der Waals surface area contributed by atoms with Crippen molar-refractivity contribution in [3.63, 3.8) is 0 Å². The number of nitrogens with zero attached hydrogens (tertiary/aromatic N) is 1. The number of para-hydroxylation sites is 1. The molecule has 1 amide bonds. The van der Waals surface area contributed by atoms with Crippen LogP contribution in [0.1, 0.15) is 15.9 Å². The highest BCUT2D eigenvalue weighted by atomic mass is 35.5. The number of esters is 1. The van der Waals surface area contributed by atoms with Crippen molar-refractivity contribution in [2.45, 2.75) is 11.4 Å². The summed E-state index contributed by atoms with van der Waals surface area (Å²) >= 11 is 5.87. The Morgan fingerprint density at radius 3 is 2.26 bits per heavy atom. The van der Waals surface area contributed by atoms with Gasteiger partial charge in [-0.2, -0.15) is 0 Å². The number of rotatable bonds is 9. The summed E-state index contributed by atoms with van der Waals surface area (Å²) < 4.78 is 38.1. The molecule has 0 saturated heterocycles. The Hall–Kier alpha value is -3.56. The van der Waals surface area contributed by atoms with Crippen molar-refractivity contribution >= 4 is 39.2 Å². The third-order valence-corrected chi connectivity index (χ3v) is 6.48. The third kappa shape index (κ3) is 6.49. The number of ether oxygens (including phenoxy) is 2. The molecular weight excluding hydrogens is 480 g/mol. The molecule has 34 heavy (non-hydrogen) atoms. The molecule has 1 N–H and O–H groups in total. The minimum atomic E-state index is -3.97. The van der Waals surface area contributed by atoms with Gasteiger partial charge in [0.05, 0.1) is 23.3 Å². The third-order valence-electron chi connectivity index (χ3n) is 4.85. The minimum Gasteiger partial charge on any atom is -0.497 e. The van der Waals surface area contributed by atoms with Gasteiger partial charge in [0.15, 0.2) is 6.61 Å². The summed E-state index contributed by atoms with van der Waals surface area (Å²) in [6.45, 7) is -0.186. The molecule has 0 aromatic heterocycles. The molecule has 10 heteroatoms. The molecule has 0 bridgehead atoms. The predicted octanol–water partition coefficient (Wildman–Crippen LogP) is 3.96. The van der Waals surface area contributed by atoms with Crippen LogP contribution in [0.25, 0.3) is 0 Å². The lowest BCUT2D eigenvalue weighted by Gasteiger charge is -2.18. The number of likely N-dealkylation sites (N-methyl/N-ethyl adjacent to an activating group) is 1. The van der Waals surface area contributed by atoms with Crippen LogP contribution in [0.5, 0.6) is 5.75 Å².